The van der Waals surface area contributed by atoms with Crippen molar-refractivity contribution >= 4 is 39.9 Å². The monoisotopic (exact) mass is 358 g/mol. The van der Waals surface area contributed by atoms with Crippen LogP contribution in [-0.4, -0.2) is 16.9 Å². The van der Waals surface area contributed by atoms with Gasteiger partial charge in [0.05, 0.1) is 15.7 Å². The molecule has 24 heavy (non-hydrogen) atoms. The van der Waals surface area contributed by atoms with Gasteiger partial charge in [0.1, 0.15) is 5.69 Å². The molecule has 0 unspecified atom stereocenters. The van der Waals surface area contributed by atoms with Gasteiger partial charge in [0, 0.05) is 17.0 Å². The zero-order valence-corrected chi connectivity index (χ0v) is 14.8. The predicted octanol–water partition coefficient (Wildman–Crippen LogP) is 5.35. The highest BCUT2D eigenvalue weighted by Crippen LogP contribution is 2.37. The number of hydrogen-bond donors (Lipinski definition) is 1. The molecule has 0 saturated carbocycles. The molecule has 0 aliphatic rings. The van der Waals surface area contributed by atoms with Gasteiger partial charge in [-0.1, -0.05) is 53.5 Å². The number of carbonyl (C=O) groups excluding carboxylic acids is 1. The van der Waals surface area contributed by atoms with E-state index in [0.29, 0.717) is 27.0 Å². The summed E-state index contributed by atoms with van der Waals surface area (Å²) in [5.41, 5.74) is 1.59. The lowest BCUT2D eigenvalue weighted by atomic mass is 10.0. The standard InChI is InChI=1S/C19H16Cl2N2O/c1-11(2)22-19(24)16-10-12-6-3-4-7-13(12)18(23-16)17-14(20)8-5-9-15(17)21/h3-11H,1-2H3,(H,22,24). The zero-order chi connectivity index (χ0) is 17.3. The number of fused-ring (bicyclic) bond motifs is 1. The van der Waals surface area contributed by atoms with Crippen LogP contribution in [0.1, 0.15) is 24.3 Å². The Labute approximate surface area is 150 Å². The third-order valence-corrected chi connectivity index (χ3v) is 4.22. The van der Waals surface area contributed by atoms with Crippen molar-refractivity contribution in [1.29, 1.82) is 0 Å². The van der Waals surface area contributed by atoms with Crippen molar-refractivity contribution in [2.24, 2.45) is 0 Å². The maximum atomic E-state index is 12.4. The molecule has 1 heterocycles. The van der Waals surface area contributed by atoms with Gasteiger partial charge in [-0.3, -0.25) is 4.79 Å². The number of aromatic nitrogens is 1. The van der Waals surface area contributed by atoms with Crippen LogP contribution in [-0.2, 0) is 0 Å². The fourth-order valence-corrected chi connectivity index (χ4v) is 3.14. The SMILES string of the molecule is CC(C)NC(=O)c1cc2ccccc2c(-c2c(Cl)cccc2Cl)n1. The topological polar surface area (TPSA) is 42.0 Å². The van der Waals surface area contributed by atoms with Crippen LogP contribution in [0.5, 0.6) is 0 Å². The Kier molecular flexibility index (Phi) is 4.74. The van der Waals surface area contributed by atoms with Crippen LogP contribution in [0.3, 0.4) is 0 Å². The average molecular weight is 359 g/mol. The van der Waals surface area contributed by atoms with Crippen LogP contribution in [0.4, 0.5) is 0 Å². The van der Waals surface area contributed by atoms with Crippen LogP contribution in [0.25, 0.3) is 22.0 Å². The third kappa shape index (κ3) is 3.23. The first-order valence-electron chi connectivity index (χ1n) is 7.62. The molecule has 0 saturated heterocycles. The Morgan fingerprint density at radius 3 is 2.38 bits per heavy atom. The minimum atomic E-state index is -0.222. The van der Waals surface area contributed by atoms with Crippen LogP contribution in [0.15, 0.2) is 48.5 Å². The summed E-state index contributed by atoms with van der Waals surface area (Å²) >= 11 is 12.7. The van der Waals surface area contributed by atoms with E-state index in [1.807, 2.05) is 38.1 Å². The Bertz CT molecular complexity index is 902. The average Bonchev–Trinajstić information content (AvgIpc) is 2.53. The van der Waals surface area contributed by atoms with Crippen LogP contribution >= 0.6 is 23.2 Å². The minimum Gasteiger partial charge on any atom is -0.349 e. The maximum absolute atomic E-state index is 12.4. The van der Waals surface area contributed by atoms with Crippen molar-refractivity contribution in [2.75, 3.05) is 0 Å². The first-order valence-corrected chi connectivity index (χ1v) is 8.38. The molecule has 3 aromatic rings. The fourth-order valence-electron chi connectivity index (χ4n) is 2.57. The van der Waals surface area contributed by atoms with E-state index < -0.39 is 0 Å². The molecule has 0 bridgehead atoms. The summed E-state index contributed by atoms with van der Waals surface area (Å²) in [5, 5.41) is 5.67. The summed E-state index contributed by atoms with van der Waals surface area (Å²) in [6.45, 7) is 3.82. The number of amides is 1. The van der Waals surface area contributed by atoms with Gasteiger partial charge in [-0.15, -0.1) is 0 Å². The van der Waals surface area contributed by atoms with Crippen molar-refractivity contribution < 1.29 is 4.79 Å². The minimum absolute atomic E-state index is 0.0260. The maximum Gasteiger partial charge on any atom is 0.270 e. The van der Waals surface area contributed by atoms with Crippen molar-refractivity contribution in [2.45, 2.75) is 19.9 Å². The second-order valence-corrected chi connectivity index (χ2v) is 6.62. The molecule has 1 N–H and O–H groups in total. The van der Waals surface area contributed by atoms with E-state index in [1.54, 1.807) is 24.3 Å². The number of hydrogen-bond acceptors (Lipinski definition) is 2. The van der Waals surface area contributed by atoms with Gasteiger partial charge in [0.25, 0.3) is 5.91 Å². The summed E-state index contributed by atoms with van der Waals surface area (Å²) in [7, 11) is 0. The lowest BCUT2D eigenvalue weighted by molar-refractivity contribution is 0.0938. The van der Waals surface area contributed by atoms with E-state index in [0.717, 1.165) is 10.8 Å². The normalized spacial score (nSPS) is 11.0. The van der Waals surface area contributed by atoms with E-state index in [2.05, 4.69) is 10.3 Å². The number of nitrogens with one attached hydrogen (secondary N) is 1. The summed E-state index contributed by atoms with van der Waals surface area (Å²) in [5.74, 6) is -0.222. The second-order valence-electron chi connectivity index (χ2n) is 5.80. The Morgan fingerprint density at radius 1 is 1.04 bits per heavy atom. The molecule has 0 radical (unpaired) electrons. The molecule has 0 fully saturated rings. The molecule has 0 aliphatic carbocycles. The molecule has 0 aliphatic heterocycles. The molecular formula is C19H16Cl2N2O. The Balaban J connectivity index is 2.28. The summed E-state index contributed by atoms with van der Waals surface area (Å²) in [6, 6.07) is 14.8. The Morgan fingerprint density at radius 2 is 1.71 bits per heavy atom. The first-order chi connectivity index (χ1) is 11.5. The first kappa shape index (κ1) is 16.7. The smallest absolute Gasteiger partial charge is 0.270 e. The molecule has 0 atom stereocenters. The van der Waals surface area contributed by atoms with Gasteiger partial charge >= 0.3 is 0 Å². The van der Waals surface area contributed by atoms with E-state index >= 15 is 0 Å². The number of halogens is 2. The lowest BCUT2D eigenvalue weighted by Crippen LogP contribution is -2.30. The second kappa shape index (κ2) is 6.80. The summed E-state index contributed by atoms with van der Waals surface area (Å²) < 4.78 is 0. The molecule has 2 aromatic carbocycles. The van der Waals surface area contributed by atoms with E-state index in [4.69, 9.17) is 23.2 Å². The number of pyridine rings is 1. The van der Waals surface area contributed by atoms with Crippen molar-refractivity contribution in [3.05, 3.63) is 64.3 Å². The predicted molar refractivity (Wildman–Crippen MR) is 99.8 cm³/mol. The van der Waals surface area contributed by atoms with Crippen LogP contribution < -0.4 is 5.32 Å². The largest absolute Gasteiger partial charge is 0.349 e. The third-order valence-electron chi connectivity index (χ3n) is 3.59. The zero-order valence-electron chi connectivity index (χ0n) is 13.3. The van der Waals surface area contributed by atoms with E-state index in [1.165, 1.54) is 0 Å². The number of benzene rings is 2. The molecule has 1 amide bonds. The van der Waals surface area contributed by atoms with Gasteiger partial charge in [-0.25, -0.2) is 4.98 Å². The quantitative estimate of drug-likeness (QED) is 0.685. The molecule has 122 valence electrons. The van der Waals surface area contributed by atoms with Crippen molar-refractivity contribution in [3.63, 3.8) is 0 Å². The highest BCUT2D eigenvalue weighted by Gasteiger charge is 2.17. The Hall–Kier alpha value is -2.10. The van der Waals surface area contributed by atoms with Crippen molar-refractivity contribution in [1.82, 2.24) is 10.3 Å². The highest BCUT2D eigenvalue weighted by molar-refractivity contribution is 6.39. The van der Waals surface area contributed by atoms with Gasteiger partial charge in [-0.05, 0) is 37.4 Å². The summed E-state index contributed by atoms with van der Waals surface area (Å²) in [6.07, 6.45) is 0. The molecule has 3 nitrogen and oxygen atoms in total. The van der Waals surface area contributed by atoms with Gasteiger partial charge in [0.2, 0.25) is 0 Å². The van der Waals surface area contributed by atoms with Gasteiger partial charge < -0.3 is 5.32 Å². The summed E-state index contributed by atoms with van der Waals surface area (Å²) in [4.78, 5) is 17.0. The highest BCUT2D eigenvalue weighted by atomic mass is 35.5. The molecular weight excluding hydrogens is 343 g/mol. The molecule has 1 aromatic heterocycles. The van der Waals surface area contributed by atoms with Crippen molar-refractivity contribution in [3.8, 4) is 11.3 Å². The molecule has 5 heteroatoms. The fraction of sp³-hybridized carbons (Fsp3) is 0.158. The van der Waals surface area contributed by atoms with E-state index in [9.17, 15) is 4.79 Å². The molecule has 3 rings (SSSR count). The number of nitrogens with zero attached hydrogens (tertiary/aromatic N) is 1. The number of carbonyl (C=O) groups is 1. The van der Waals surface area contributed by atoms with Crippen LogP contribution in [0.2, 0.25) is 10.0 Å². The van der Waals surface area contributed by atoms with Gasteiger partial charge in [0.15, 0.2) is 0 Å². The molecule has 0 spiro atoms. The van der Waals surface area contributed by atoms with Crippen LogP contribution in [0, 0.1) is 0 Å². The number of rotatable bonds is 3. The van der Waals surface area contributed by atoms with E-state index in [-0.39, 0.29) is 11.9 Å². The van der Waals surface area contributed by atoms with Gasteiger partial charge in [-0.2, -0.15) is 0 Å². The lowest BCUT2D eigenvalue weighted by Gasteiger charge is -2.13.